The van der Waals surface area contributed by atoms with E-state index in [1.165, 1.54) is 29.2 Å². The summed E-state index contributed by atoms with van der Waals surface area (Å²) in [5.41, 5.74) is 4.82. The first-order valence-corrected chi connectivity index (χ1v) is 10.2. The van der Waals surface area contributed by atoms with Crippen LogP contribution < -0.4 is 4.90 Å². The molecule has 1 aliphatic rings. The summed E-state index contributed by atoms with van der Waals surface area (Å²) in [4.78, 5) is 37.0. The van der Waals surface area contributed by atoms with Crippen molar-refractivity contribution in [3.63, 3.8) is 0 Å². The van der Waals surface area contributed by atoms with Gasteiger partial charge in [0.25, 0.3) is 11.6 Å². The van der Waals surface area contributed by atoms with E-state index in [1.807, 2.05) is 38.1 Å². The van der Waals surface area contributed by atoms with E-state index in [0.717, 1.165) is 16.7 Å². The Hall–Kier alpha value is -4.52. The number of carbonyl (C=O) groups is 2. The number of aromatic carboxylic acids is 1. The van der Waals surface area contributed by atoms with Crippen molar-refractivity contribution >= 4 is 35.0 Å². The molecule has 33 heavy (non-hydrogen) atoms. The standard InChI is InChI=1S/C26H20N2O5/c1-16-3-8-19(9-4-16)24-15-21(13-18-6-11-22(12-7-18)28(32)33)25(29)27(24)23-14-20(26(30)31)10-5-17(23)2/h3-15H,1-2H3,(H,30,31)/b21-13+. The predicted octanol–water partition coefficient (Wildman–Crippen LogP) is 5.38. The number of carboxylic acids is 1. The van der Waals surface area contributed by atoms with Gasteiger partial charge in [-0.05, 0) is 67.0 Å². The maximum Gasteiger partial charge on any atom is 0.335 e. The third kappa shape index (κ3) is 4.29. The number of aryl methyl sites for hydroxylation is 2. The minimum atomic E-state index is -1.08. The number of carbonyl (C=O) groups excluding carboxylic acids is 1. The quantitative estimate of drug-likeness (QED) is 0.326. The Balaban J connectivity index is 1.84. The molecule has 0 spiro atoms. The van der Waals surface area contributed by atoms with Gasteiger partial charge in [0.2, 0.25) is 0 Å². The molecule has 7 nitrogen and oxygen atoms in total. The van der Waals surface area contributed by atoms with Crippen LogP contribution in [0.25, 0.3) is 11.8 Å². The number of nitro benzene ring substituents is 1. The van der Waals surface area contributed by atoms with E-state index in [2.05, 4.69) is 0 Å². The van der Waals surface area contributed by atoms with Gasteiger partial charge >= 0.3 is 5.97 Å². The van der Waals surface area contributed by atoms with Crippen molar-refractivity contribution in [2.24, 2.45) is 0 Å². The average Bonchev–Trinajstić information content (AvgIpc) is 3.10. The summed E-state index contributed by atoms with van der Waals surface area (Å²) in [6, 6.07) is 18.3. The second-order valence-corrected chi connectivity index (χ2v) is 7.79. The molecule has 1 aliphatic heterocycles. The van der Waals surface area contributed by atoms with Crippen LogP contribution in [0.1, 0.15) is 32.6 Å². The highest BCUT2D eigenvalue weighted by Crippen LogP contribution is 2.37. The van der Waals surface area contributed by atoms with Crippen LogP contribution in [-0.2, 0) is 4.79 Å². The average molecular weight is 440 g/mol. The molecule has 164 valence electrons. The Bertz CT molecular complexity index is 1340. The topological polar surface area (TPSA) is 101 Å². The van der Waals surface area contributed by atoms with Crippen LogP contribution in [0.2, 0.25) is 0 Å². The second kappa shape index (κ2) is 8.55. The van der Waals surface area contributed by atoms with Crippen LogP contribution in [0.4, 0.5) is 11.4 Å². The summed E-state index contributed by atoms with van der Waals surface area (Å²) in [5, 5.41) is 20.4. The van der Waals surface area contributed by atoms with Crippen LogP contribution in [0, 0.1) is 24.0 Å². The van der Waals surface area contributed by atoms with Crippen LogP contribution >= 0.6 is 0 Å². The molecular weight excluding hydrogens is 420 g/mol. The van der Waals surface area contributed by atoms with Gasteiger partial charge in [-0.3, -0.25) is 19.8 Å². The molecule has 1 heterocycles. The first-order chi connectivity index (χ1) is 15.7. The van der Waals surface area contributed by atoms with E-state index in [1.54, 1.807) is 30.4 Å². The van der Waals surface area contributed by atoms with Crippen LogP contribution in [0.15, 0.2) is 78.4 Å². The fourth-order valence-corrected chi connectivity index (χ4v) is 3.65. The largest absolute Gasteiger partial charge is 0.478 e. The van der Waals surface area contributed by atoms with Crippen molar-refractivity contribution in [1.29, 1.82) is 0 Å². The SMILES string of the molecule is Cc1ccc(C2=C/C(=C\c3ccc([N+](=O)[O-])cc3)C(=O)N2c2cc(C(=O)O)ccc2C)cc1. The summed E-state index contributed by atoms with van der Waals surface area (Å²) >= 11 is 0. The minimum absolute atomic E-state index is 0.0338. The number of amides is 1. The van der Waals surface area contributed by atoms with Gasteiger partial charge in [0, 0.05) is 17.7 Å². The van der Waals surface area contributed by atoms with E-state index in [-0.39, 0.29) is 17.2 Å². The molecule has 4 rings (SSSR count). The summed E-state index contributed by atoms with van der Waals surface area (Å²) in [6.45, 7) is 3.79. The Morgan fingerprint density at radius 3 is 2.27 bits per heavy atom. The fraction of sp³-hybridized carbons (Fsp3) is 0.0769. The third-order valence-electron chi connectivity index (χ3n) is 5.45. The molecule has 0 saturated carbocycles. The zero-order chi connectivity index (χ0) is 23.7. The highest BCUT2D eigenvalue weighted by Gasteiger charge is 2.31. The number of non-ortho nitro benzene ring substituents is 1. The molecule has 1 N–H and O–H groups in total. The summed E-state index contributed by atoms with van der Waals surface area (Å²) in [7, 11) is 0. The first kappa shape index (κ1) is 21.7. The van der Waals surface area contributed by atoms with Crippen LogP contribution in [0.5, 0.6) is 0 Å². The molecule has 0 aromatic heterocycles. The lowest BCUT2D eigenvalue weighted by Gasteiger charge is -2.23. The number of hydrogen-bond acceptors (Lipinski definition) is 4. The molecule has 0 bridgehead atoms. The molecule has 0 fully saturated rings. The number of hydrogen-bond donors (Lipinski definition) is 1. The van der Waals surface area contributed by atoms with Gasteiger partial charge in [0.15, 0.2) is 0 Å². The molecule has 0 atom stereocenters. The maximum atomic E-state index is 13.5. The van der Waals surface area contributed by atoms with E-state index in [9.17, 15) is 24.8 Å². The molecule has 7 heteroatoms. The molecular formula is C26H20N2O5. The molecule has 3 aromatic carbocycles. The molecule has 0 unspecified atom stereocenters. The molecule has 3 aromatic rings. The highest BCUT2D eigenvalue weighted by molar-refractivity contribution is 6.23. The Labute approximate surface area is 190 Å². The Kier molecular flexibility index (Phi) is 5.62. The lowest BCUT2D eigenvalue weighted by molar-refractivity contribution is -0.384. The fourth-order valence-electron chi connectivity index (χ4n) is 3.65. The summed E-state index contributed by atoms with van der Waals surface area (Å²) in [6.07, 6.45) is 3.41. The maximum absolute atomic E-state index is 13.5. The van der Waals surface area contributed by atoms with Gasteiger partial charge in [0.1, 0.15) is 0 Å². The first-order valence-electron chi connectivity index (χ1n) is 10.2. The van der Waals surface area contributed by atoms with Gasteiger partial charge in [0.05, 0.1) is 21.9 Å². The Morgan fingerprint density at radius 2 is 1.67 bits per heavy atom. The smallest absolute Gasteiger partial charge is 0.335 e. The van der Waals surface area contributed by atoms with Crippen LogP contribution in [0.3, 0.4) is 0 Å². The van der Waals surface area contributed by atoms with Crippen molar-refractivity contribution in [3.8, 4) is 0 Å². The summed E-state index contributed by atoms with van der Waals surface area (Å²) in [5.74, 6) is -1.39. The van der Waals surface area contributed by atoms with Gasteiger partial charge in [-0.1, -0.05) is 35.9 Å². The van der Waals surface area contributed by atoms with Gasteiger partial charge < -0.3 is 5.11 Å². The molecule has 1 amide bonds. The zero-order valence-electron chi connectivity index (χ0n) is 18.0. The number of nitro groups is 1. The van der Waals surface area contributed by atoms with E-state index in [0.29, 0.717) is 22.5 Å². The number of benzene rings is 3. The minimum Gasteiger partial charge on any atom is -0.478 e. The zero-order valence-corrected chi connectivity index (χ0v) is 18.0. The third-order valence-corrected chi connectivity index (χ3v) is 5.45. The molecule has 0 saturated heterocycles. The van der Waals surface area contributed by atoms with Crippen molar-refractivity contribution in [2.45, 2.75) is 13.8 Å². The molecule has 0 aliphatic carbocycles. The number of carboxylic acid groups (broad SMARTS) is 1. The van der Waals surface area contributed by atoms with Crippen molar-refractivity contribution in [3.05, 3.63) is 116 Å². The van der Waals surface area contributed by atoms with Gasteiger partial charge in [-0.25, -0.2) is 4.79 Å². The number of rotatable bonds is 5. The predicted molar refractivity (Wildman–Crippen MR) is 126 cm³/mol. The normalized spacial score (nSPS) is 14.5. The van der Waals surface area contributed by atoms with E-state index >= 15 is 0 Å². The van der Waals surface area contributed by atoms with E-state index < -0.39 is 10.9 Å². The van der Waals surface area contributed by atoms with Gasteiger partial charge in [-0.2, -0.15) is 0 Å². The lowest BCUT2D eigenvalue weighted by atomic mass is 10.1. The Morgan fingerprint density at radius 1 is 1.00 bits per heavy atom. The molecule has 0 radical (unpaired) electrons. The highest BCUT2D eigenvalue weighted by atomic mass is 16.6. The van der Waals surface area contributed by atoms with Crippen molar-refractivity contribution < 1.29 is 19.6 Å². The number of nitrogens with zero attached hydrogens (tertiary/aromatic N) is 2. The van der Waals surface area contributed by atoms with Crippen molar-refractivity contribution in [2.75, 3.05) is 4.90 Å². The van der Waals surface area contributed by atoms with E-state index in [4.69, 9.17) is 0 Å². The van der Waals surface area contributed by atoms with Crippen molar-refractivity contribution in [1.82, 2.24) is 0 Å². The summed E-state index contributed by atoms with van der Waals surface area (Å²) < 4.78 is 0. The monoisotopic (exact) mass is 440 g/mol. The van der Waals surface area contributed by atoms with Crippen LogP contribution in [-0.4, -0.2) is 21.9 Å². The number of anilines is 1. The second-order valence-electron chi connectivity index (χ2n) is 7.79. The van der Waals surface area contributed by atoms with Gasteiger partial charge in [-0.15, -0.1) is 0 Å². The lowest BCUT2D eigenvalue weighted by Crippen LogP contribution is -2.26.